The largest absolute Gasteiger partial charge is 0.484 e. The van der Waals surface area contributed by atoms with Crippen molar-refractivity contribution < 1.29 is 23.5 Å². The molecule has 0 saturated carbocycles. The fraction of sp³-hybridized carbons (Fsp3) is 0.300. The van der Waals surface area contributed by atoms with Gasteiger partial charge in [-0.25, -0.2) is 14.0 Å². The molecule has 0 saturated heterocycles. The molecule has 0 bridgehead atoms. The van der Waals surface area contributed by atoms with Gasteiger partial charge in [-0.2, -0.15) is 11.3 Å². The Morgan fingerprint density at radius 3 is 2.71 bits per heavy atom. The number of carbonyl (C=O) groups excluding carboxylic acids is 2. The van der Waals surface area contributed by atoms with E-state index in [4.69, 9.17) is 9.47 Å². The van der Waals surface area contributed by atoms with Crippen LogP contribution in [-0.4, -0.2) is 36.7 Å². The lowest BCUT2D eigenvalue weighted by Crippen LogP contribution is -2.49. The summed E-state index contributed by atoms with van der Waals surface area (Å²) >= 11 is 1.46. The number of thiophene rings is 1. The van der Waals surface area contributed by atoms with E-state index < -0.39 is 17.8 Å². The minimum atomic E-state index is -0.653. The molecule has 6 nitrogen and oxygen atoms in total. The van der Waals surface area contributed by atoms with Crippen LogP contribution in [0, 0.1) is 5.82 Å². The zero-order valence-corrected chi connectivity index (χ0v) is 16.4. The summed E-state index contributed by atoms with van der Waals surface area (Å²) in [6, 6.07) is 6.83. The number of esters is 1. The lowest BCUT2D eigenvalue weighted by Gasteiger charge is -2.35. The van der Waals surface area contributed by atoms with E-state index in [2.05, 4.69) is 5.32 Å². The number of nitrogens with one attached hydrogen (secondary N) is 1. The Bertz CT molecular complexity index is 882. The summed E-state index contributed by atoms with van der Waals surface area (Å²) < 4.78 is 24.8. The first kappa shape index (κ1) is 19.9. The summed E-state index contributed by atoms with van der Waals surface area (Å²) in [7, 11) is 0. The van der Waals surface area contributed by atoms with Gasteiger partial charge in [0.1, 0.15) is 6.61 Å². The van der Waals surface area contributed by atoms with E-state index in [0.29, 0.717) is 12.2 Å². The number of nitrogens with zero attached hydrogens (tertiary/aromatic N) is 1. The molecule has 0 aliphatic carbocycles. The third kappa shape index (κ3) is 4.01. The Morgan fingerprint density at radius 1 is 1.29 bits per heavy atom. The molecular weight excluding hydrogens is 383 g/mol. The molecule has 2 amide bonds. The van der Waals surface area contributed by atoms with Crippen molar-refractivity contribution in [2.75, 3.05) is 19.8 Å². The molecule has 1 N–H and O–H groups in total. The summed E-state index contributed by atoms with van der Waals surface area (Å²) in [5.74, 6) is -1.00. The number of amides is 2. The molecule has 1 aromatic heterocycles. The normalized spacial score (nSPS) is 16.8. The molecule has 3 rings (SSSR count). The minimum absolute atomic E-state index is 0.0485. The number of hydrogen-bond donors (Lipinski definition) is 1. The summed E-state index contributed by atoms with van der Waals surface area (Å²) in [6.45, 7) is 3.88. The van der Waals surface area contributed by atoms with Crippen LogP contribution in [0.2, 0.25) is 0 Å². The van der Waals surface area contributed by atoms with Crippen molar-refractivity contribution in [1.29, 1.82) is 0 Å². The van der Waals surface area contributed by atoms with Gasteiger partial charge in [0.15, 0.2) is 11.6 Å². The highest BCUT2D eigenvalue weighted by Gasteiger charge is 2.38. The lowest BCUT2D eigenvalue weighted by atomic mass is 9.96. The fourth-order valence-corrected chi connectivity index (χ4v) is 3.73. The Labute approximate surface area is 166 Å². The zero-order chi connectivity index (χ0) is 20.1. The van der Waals surface area contributed by atoms with Crippen LogP contribution in [0.15, 0.2) is 52.4 Å². The zero-order valence-electron chi connectivity index (χ0n) is 15.6. The highest BCUT2D eigenvalue weighted by molar-refractivity contribution is 7.08. The number of hydrogen-bond acceptors (Lipinski definition) is 5. The van der Waals surface area contributed by atoms with Crippen LogP contribution in [0.5, 0.6) is 5.75 Å². The molecule has 8 heteroatoms. The maximum atomic E-state index is 14.0. The van der Waals surface area contributed by atoms with Gasteiger partial charge < -0.3 is 14.8 Å². The molecule has 0 spiro atoms. The third-order valence-electron chi connectivity index (χ3n) is 4.33. The molecule has 1 aliphatic rings. The van der Waals surface area contributed by atoms with Gasteiger partial charge in [-0.3, -0.25) is 4.90 Å². The molecule has 1 aliphatic heterocycles. The van der Waals surface area contributed by atoms with Gasteiger partial charge in [-0.15, -0.1) is 0 Å². The maximum absolute atomic E-state index is 14.0. The second kappa shape index (κ2) is 8.88. The molecule has 2 heterocycles. The highest BCUT2D eigenvalue weighted by atomic mass is 32.1. The van der Waals surface area contributed by atoms with Crippen molar-refractivity contribution in [2.45, 2.75) is 19.9 Å². The SMILES string of the molecule is CCOC(=O)C1=C(COc2ccccc2F)N(CC)C(=O)N[C@H]1c1ccsc1. The number of halogens is 1. The predicted molar refractivity (Wildman–Crippen MR) is 104 cm³/mol. The molecule has 148 valence electrons. The van der Waals surface area contributed by atoms with Crippen LogP contribution >= 0.6 is 11.3 Å². The maximum Gasteiger partial charge on any atom is 0.338 e. The average molecular weight is 404 g/mol. The first-order valence-corrected chi connectivity index (χ1v) is 9.88. The first-order chi connectivity index (χ1) is 13.6. The van der Waals surface area contributed by atoms with E-state index in [1.54, 1.807) is 26.0 Å². The standard InChI is InChI=1S/C20H21FN2O4S/c1-3-23-15(11-27-16-8-6-5-7-14(16)21)17(19(24)26-4-2)18(22-20(23)25)13-9-10-28-12-13/h5-10,12,18H,3-4,11H2,1-2H3,(H,22,25)/t18-/m0/s1. The van der Waals surface area contributed by atoms with Crippen molar-refractivity contribution in [3.05, 3.63) is 63.7 Å². The summed E-state index contributed by atoms with van der Waals surface area (Å²) in [4.78, 5) is 26.8. The quantitative estimate of drug-likeness (QED) is 0.712. The predicted octanol–water partition coefficient (Wildman–Crippen LogP) is 3.87. The number of para-hydroxylation sites is 1. The van der Waals surface area contributed by atoms with Crippen LogP contribution in [0.4, 0.5) is 9.18 Å². The molecule has 0 fully saturated rings. The van der Waals surface area contributed by atoms with Gasteiger partial charge >= 0.3 is 12.0 Å². The van der Waals surface area contributed by atoms with Gasteiger partial charge in [-0.1, -0.05) is 12.1 Å². The van der Waals surface area contributed by atoms with Crippen LogP contribution in [0.3, 0.4) is 0 Å². The van der Waals surface area contributed by atoms with Crippen LogP contribution in [-0.2, 0) is 9.53 Å². The molecule has 1 aromatic carbocycles. The molecular formula is C20H21FN2O4S. The second-order valence-electron chi connectivity index (χ2n) is 5.98. The Kier molecular flexibility index (Phi) is 6.30. The summed E-state index contributed by atoms with van der Waals surface area (Å²) in [5, 5.41) is 6.58. The smallest absolute Gasteiger partial charge is 0.338 e. The Morgan fingerprint density at radius 2 is 2.07 bits per heavy atom. The second-order valence-corrected chi connectivity index (χ2v) is 6.76. The van der Waals surface area contributed by atoms with E-state index in [0.717, 1.165) is 5.56 Å². The van der Waals surface area contributed by atoms with Crippen molar-refractivity contribution in [2.24, 2.45) is 0 Å². The third-order valence-corrected chi connectivity index (χ3v) is 5.03. The van der Waals surface area contributed by atoms with Gasteiger partial charge in [0.2, 0.25) is 0 Å². The number of rotatable bonds is 7. The number of urea groups is 1. The molecule has 2 aromatic rings. The van der Waals surface area contributed by atoms with E-state index in [9.17, 15) is 14.0 Å². The first-order valence-electron chi connectivity index (χ1n) is 8.94. The van der Waals surface area contributed by atoms with Crippen molar-refractivity contribution >= 4 is 23.3 Å². The van der Waals surface area contributed by atoms with Gasteiger partial charge in [-0.05, 0) is 48.4 Å². The molecule has 0 unspecified atom stereocenters. The van der Waals surface area contributed by atoms with Crippen LogP contribution < -0.4 is 10.1 Å². The fourth-order valence-electron chi connectivity index (χ4n) is 3.04. The van der Waals surface area contributed by atoms with E-state index in [1.165, 1.54) is 28.4 Å². The van der Waals surface area contributed by atoms with Crippen LogP contribution in [0.25, 0.3) is 0 Å². The molecule has 1 atom stereocenters. The van der Waals surface area contributed by atoms with Gasteiger partial charge in [0.05, 0.1) is 23.9 Å². The monoisotopic (exact) mass is 404 g/mol. The van der Waals surface area contributed by atoms with Gasteiger partial charge in [0.25, 0.3) is 0 Å². The average Bonchev–Trinajstić information content (AvgIpc) is 3.21. The van der Waals surface area contributed by atoms with Crippen molar-refractivity contribution in [3.63, 3.8) is 0 Å². The number of carbonyl (C=O) groups is 2. The van der Waals surface area contributed by atoms with E-state index in [1.807, 2.05) is 16.8 Å². The molecule has 28 heavy (non-hydrogen) atoms. The topological polar surface area (TPSA) is 67.9 Å². The summed E-state index contributed by atoms with van der Waals surface area (Å²) in [6.07, 6.45) is 0. The summed E-state index contributed by atoms with van der Waals surface area (Å²) in [5.41, 5.74) is 1.43. The van der Waals surface area contributed by atoms with Crippen molar-refractivity contribution in [1.82, 2.24) is 10.2 Å². The molecule has 0 radical (unpaired) electrons. The van der Waals surface area contributed by atoms with Crippen molar-refractivity contribution in [3.8, 4) is 5.75 Å². The number of ether oxygens (including phenoxy) is 2. The minimum Gasteiger partial charge on any atom is -0.484 e. The number of benzene rings is 1. The Balaban J connectivity index is 2.04. The van der Waals surface area contributed by atoms with Crippen LogP contribution in [0.1, 0.15) is 25.5 Å². The van der Waals surface area contributed by atoms with E-state index >= 15 is 0 Å². The lowest BCUT2D eigenvalue weighted by molar-refractivity contribution is -0.139. The number of likely N-dealkylation sites (N-methyl/N-ethyl adjacent to an activating group) is 1. The van der Waals surface area contributed by atoms with E-state index in [-0.39, 0.29) is 30.6 Å². The highest BCUT2D eigenvalue weighted by Crippen LogP contribution is 2.33. The Hall–Kier alpha value is -2.87. The van der Waals surface area contributed by atoms with Gasteiger partial charge in [0, 0.05) is 6.54 Å².